The van der Waals surface area contributed by atoms with Crippen molar-refractivity contribution in [2.24, 2.45) is 0 Å². The summed E-state index contributed by atoms with van der Waals surface area (Å²) in [5.41, 5.74) is 0.910. The molecule has 0 unspecified atom stereocenters. The van der Waals surface area contributed by atoms with Gasteiger partial charge in [0.2, 0.25) is 6.79 Å². The molecule has 2 saturated heterocycles. The molecule has 1 N–H and O–H groups in total. The summed E-state index contributed by atoms with van der Waals surface area (Å²) in [6, 6.07) is 11.7. The maximum atomic E-state index is 13.4. The van der Waals surface area contributed by atoms with Crippen LogP contribution in [0.5, 0.6) is 11.5 Å². The number of carbonyl (C=O) groups excluding carboxylic acids is 1. The molecule has 0 aromatic heterocycles. The summed E-state index contributed by atoms with van der Waals surface area (Å²) in [5, 5.41) is 15.4. The van der Waals surface area contributed by atoms with Crippen LogP contribution in [0.2, 0.25) is 0 Å². The van der Waals surface area contributed by atoms with Crippen LogP contribution in [0.4, 0.5) is 5.69 Å². The Kier molecular flexibility index (Phi) is 3.30. The summed E-state index contributed by atoms with van der Waals surface area (Å²) in [6.07, 6.45) is 1.73. The highest BCUT2D eigenvalue weighted by atomic mass is 16.7. The van der Waals surface area contributed by atoms with Crippen molar-refractivity contribution >= 4 is 11.6 Å². The molecule has 4 aliphatic heterocycles. The van der Waals surface area contributed by atoms with Gasteiger partial charge in [0.25, 0.3) is 11.9 Å². The summed E-state index contributed by atoms with van der Waals surface area (Å²) >= 11 is 0. The number of nitrogens with one attached hydrogen (secondary N) is 1. The Morgan fingerprint density at radius 1 is 1.17 bits per heavy atom. The lowest BCUT2D eigenvalue weighted by Crippen LogP contribution is -2.55. The number of amides is 1. The van der Waals surface area contributed by atoms with E-state index in [1.165, 1.54) is 0 Å². The summed E-state index contributed by atoms with van der Waals surface area (Å²) < 4.78 is 10.9. The number of carbonyl (C=O) groups is 1. The lowest BCUT2D eigenvalue weighted by atomic mass is 9.77. The first-order chi connectivity index (χ1) is 14.1. The average molecular weight is 393 g/mol. The van der Waals surface area contributed by atoms with E-state index in [-0.39, 0.29) is 23.7 Å². The van der Waals surface area contributed by atoms with Crippen molar-refractivity contribution in [3.8, 4) is 11.5 Å². The second-order valence-electron chi connectivity index (χ2n) is 8.04. The van der Waals surface area contributed by atoms with Crippen LogP contribution in [0, 0.1) is 10.1 Å². The van der Waals surface area contributed by atoms with E-state index in [0.717, 1.165) is 18.4 Å². The van der Waals surface area contributed by atoms with Crippen molar-refractivity contribution in [3.05, 3.63) is 63.7 Å². The summed E-state index contributed by atoms with van der Waals surface area (Å²) in [4.78, 5) is 27.7. The highest BCUT2D eigenvalue weighted by molar-refractivity contribution is 6.07. The molecule has 0 saturated carbocycles. The number of nitro groups is 1. The third-order valence-electron chi connectivity index (χ3n) is 6.88. The number of benzene rings is 2. The molecule has 8 heteroatoms. The minimum absolute atomic E-state index is 0.0809. The van der Waals surface area contributed by atoms with E-state index in [0.29, 0.717) is 29.3 Å². The molecular weight excluding hydrogens is 374 g/mol. The number of nitrogens with zero attached hydrogens (tertiary/aromatic N) is 2. The molecule has 2 aromatic carbocycles. The molecule has 1 spiro atoms. The van der Waals surface area contributed by atoms with Crippen LogP contribution in [0.15, 0.2) is 42.5 Å². The van der Waals surface area contributed by atoms with Crippen molar-refractivity contribution in [1.29, 1.82) is 0 Å². The molecule has 4 aliphatic rings. The Morgan fingerprint density at radius 3 is 2.86 bits per heavy atom. The van der Waals surface area contributed by atoms with Crippen LogP contribution >= 0.6 is 0 Å². The van der Waals surface area contributed by atoms with Crippen LogP contribution in [-0.4, -0.2) is 41.2 Å². The van der Waals surface area contributed by atoms with E-state index < -0.39 is 17.5 Å². The number of para-hydroxylation sites is 1. The van der Waals surface area contributed by atoms with Gasteiger partial charge in [-0.25, -0.2) is 0 Å². The van der Waals surface area contributed by atoms with Gasteiger partial charge in [-0.2, -0.15) is 0 Å². The van der Waals surface area contributed by atoms with Crippen molar-refractivity contribution < 1.29 is 19.2 Å². The second-order valence-corrected chi connectivity index (χ2v) is 8.04. The fraction of sp³-hybridized carbons (Fsp3) is 0.381. The SMILES string of the molecule is O=C1Nc2ccccc2[C@]12[C@H]([N+](=O)[O-])[C@H](c1ccc3c(c1)OCO3)[C@@H]1CCCN12. The van der Waals surface area contributed by atoms with E-state index in [4.69, 9.17) is 9.47 Å². The van der Waals surface area contributed by atoms with Gasteiger partial charge in [0.1, 0.15) is 0 Å². The lowest BCUT2D eigenvalue weighted by Gasteiger charge is -2.32. The van der Waals surface area contributed by atoms with Crippen LogP contribution in [-0.2, 0) is 10.3 Å². The molecule has 2 aromatic rings. The summed E-state index contributed by atoms with van der Waals surface area (Å²) in [6.45, 7) is 0.815. The number of anilines is 1. The first kappa shape index (κ1) is 16.8. The molecule has 0 radical (unpaired) electrons. The predicted molar refractivity (Wildman–Crippen MR) is 103 cm³/mol. The van der Waals surface area contributed by atoms with E-state index in [9.17, 15) is 14.9 Å². The third-order valence-corrected chi connectivity index (χ3v) is 6.88. The average Bonchev–Trinajstić information content (AvgIpc) is 3.46. The Balaban J connectivity index is 1.57. The molecule has 4 heterocycles. The molecule has 2 fully saturated rings. The Bertz CT molecular complexity index is 1060. The van der Waals surface area contributed by atoms with Gasteiger partial charge < -0.3 is 14.8 Å². The Hall–Kier alpha value is -3.13. The summed E-state index contributed by atoms with van der Waals surface area (Å²) in [5.74, 6) is 0.534. The zero-order valence-corrected chi connectivity index (χ0v) is 15.5. The number of fused-ring (bicyclic) bond motifs is 5. The topological polar surface area (TPSA) is 93.9 Å². The van der Waals surface area contributed by atoms with Gasteiger partial charge in [-0.05, 0) is 36.6 Å². The number of hydrogen-bond donors (Lipinski definition) is 1. The van der Waals surface area contributed by atoms with E-state index >= 15 is 0 Å². The molecule has 0 aliphatic carbocycles. The lowest BCUT2D eigenvalue weighted by molar-refractivity contribution is -0.534. The van der Waals surface area contributed by atoms with Crippen LogP contribution in [0.3, 0.4) is 0 Å². The zero-order valence-electron chi connectivity index (χ0n) is 15.5. The van der Waals surface area contributed by atoms with E-state index in [2.05, 4.69) is 10.2 Å². The predicted octanol–water partition coefficient (Wildman–Crippen LogP) is 2.47. The maximum Gasteiger partial charge on any atom is 0.256 e. The highest BCUT2D eigenvalue weighted by Gasteiger charge is 2.73. The highest BCUT2D eigenvalue weighted by Crippen LogP contribution is 2.58. The summed E-state index contributed by atoms with van der Waals surface area (Å²) in [7, 11) is 0. The fourth-order valence-corrected chi connectivity index (χ4v) is 5.90. The number of rotatable bonds is 2. The molecule has 4 atom stereocenters. The number of ether oxygens (including phenoxy) is 2. The van der Waals surface area contributed by atoms with Crippen molar-refractivity contribution in [3.63, 3.8) is 0 Å². The molecule has 1 amide bonds. The number of hydrogen-bond acceptors (Lipinski definition) is 6. The van der Waals surface area contributed by atoms with Gasteiger partial charge in [0.15, 0.2) is 17.0 Å². The van der Waals surface area contributed by atoms with E-state index in [1.54, 1.807) is 0 Å². The van der Waals surface area contributed by atoms with Crippen LogP contribution < -0.4 is 14.8 Å². The standard InChI is InChI=1S/C21H19N3O5/c25-20-21(13-4-1-2-5-14(13)22-20)19(24(26)27)18(15-6-3-9-23(15)21)12-7-8-16-17(10-12)29-11-28-16/h1-2,4-5,7-8,10,15,18-19H,3,6,9,11H2,(H,22,25)/t15-,18+,19+,21-/m0/s1. The van der Waals surface area contributed by atoms with Gasteiger partial charge in [0, 0.05) is 28.8 Å². The minimum Gasteiger partial charge on any atom is -0.454 e. The molecule has 6 rings (SSSR count). The third kappa shape index (κ3) is 1.99. The zero-order chi connectivity index (χ0) is 19.8. The van der Waals surface area contributed by atoms with E-state index in [1.807, 2.05) is 42.5 Å². The quantitative estimate of drug-likeness (QED) is 0.622. The molecule has 0 bridgehead atoms. The van der Waals surface area contributed by atoms with Gasteiger partial charge in [0.05, 0.1) is 5.92 Å². The largest absolute Gasteiger partial charge is 0.454 e. The van der Waals surface area contributed by atoms with Gasteiger partial charge >= 0.3 is 0 Å². The maximum absolute atomic E-state index is 13.4. The van der Waals surface area contributed by atoms with Gasteiger partial charge in [-0.15, -0.1) is 0 Å². The molecular formula is C21H19N3O5. The molecule has 8 nitrogen and oxygen atoms in total. The van der Waals surface area contributed by atoms with Crippen LogP contribution in [0.25, 0.3) is 0 Å². The Labute approximate surface area is 166 Å². The molecule has 29 heavy (non-hydrogen) atoms. The Morgan fingerprint density at radius 2 is 2.00 bits per heavy atom. The minimum atomic E-state index is -1.29. The van der Waals surface area contributed by atoms with Crippen molar-refractivity contribution in [2.75, 3.05) is 18.7 Å². The normalized spacial score (nSPS) is 31.7. The van der Waals surface area contributed by atoms with Gasteiger partial charge in [-0.1, -0.05) is 24.3 Å². The molecule has 148 valence electrons. The fourth-order valence-electron chi connectivity index (χ4n) is 5.90. The van der Waals surface area contributed by atoms with Crippen LogP contribution in [0.1, 0.15) is 29.9 Å². The first-order valence-corrected chi connectivity index (χ1v) is 9.83. The van der Waals surface area contributed by atoms with Gasteiger partial charge in [-0.3, -0.25) is 19.8 Å². The van der Waals surface area contributed by atoms with Crippen molar-refractivity contribution in [2.45, 2.75) is 36.4 Å². The second kappa shape index (κ2) is 5.70. The smallest absolute Gasteiger partial charge is 0.256 e. The first-order valence-electron chi connectivity index (χ1n) is 9.83. The monoisotopic (exact) mass is 393 g/mol. The van der Waals surface area contributed by atoms with Crippen molar-refractivity contribution in [1.82, 2.24) is 4.90 Å².